The monoisotopic (exact) mass is 419 g/mol. The summed E-state index contributed by atoms with van der Waals surface area (Å²) in [5, 5.41) is 8.24. The van der Waals surface area contributed by atoms with Crippen LogP contribution in [0.2, 0.25) is 5.02 Å². The van der Waals surface area contributed by atoms with Gasteiger partial charge in [0.15, 0.2) is 6.61 Å². The van der Waals surface area contributed by atoms with Gasteiger partial charge >= 0.3 is 12.0 Å². The number of carbonyl (C=O) groups is 3. The van der Waals surface area contributed by atoms with E-state index in [-0.39, 0.29) is 17.3 Å². The number of nitrogens with one attached hydrogen (secondary N) is 3. The van der Waals surface area contributed by atoms with Gasteiger partial charge in [0, 0.05) is 11.1 Å². The number of para-hydroxylation sites is 1. The maximum Gasteiger partial charge on any atom is 0.340 e. The summed E-state index contributed by atoms with van der Waals surface area (Å²) < 4.78 is 10.2. The zero-order valence-corrected chi connectivity index (χ0v) is 17.0. The first-order valence-corrected chi connectivity index (χ1v) is 9.15. The topological polar surface area (TPSA) is 106 Å². The van der Waals surface area contributed by atoms with E-state index in [2.05, 4.69) is 16.0 Å². The highest BCUT2D eigenvalue weighted by Crippen LogP contribution is 2.27. The van der Waals surface area contributed by atoms with Gasteiger partial charge < -0.3 is 25.4 Å². The van der Waals surface area contributed by atoms with E-state index in [1.807, 2.05) is 13.8 Å². The molecule has 0 saturated carbocycles. The summed E-state index contributed by atoms with van der Waals surface area (Å²) in [6.07, 6.45) is 0. The van der Waals surface area contributed by atoms with E-state index in [1.165, 1.54) is 19.2 Å². The number of ether oxygens (including phenoxy) is 2. The van der Waals surface area contributed by atoms with Crippen LogP contribution in [0.4, 0.5) is 16.2 Å². The van der Waals surface area contributed by atoms with Crippen LogP contribution in [0.1, 0.15) is 24.2 Å². The van der Waals surface area contributed by atoms with Crippen molar-refractivity contribution >= 4 is 40.9 Å². The van der Waals surface area contributed by atoms with Crippen molar-refractivity contribution < 1.29 is 23.9 Å². The maximum atomic E-state index is 12.4. The van der Waals surface area contributed by atoms with Crippen LogP contribution in [0, 0.1) is 0 Å². The van der Waals surface area contributed by atoms with E-state index in [1.54, 1.807) is 30.3 Å². The van der Waals surface area contributed by atoms with Crippen molar-refractivity contribution in [3.8, 4) is 5.75 Å². The number of hydrogen-bond donors (Lipinski definition) is 3. The molecule has 0 aromatic heterocycles. The number of hydrogen-bond acceptors (Lipinski definition) is 5. The zero-order valence-electron chi connectivity index (χ0n) is 16.2. The summed E-state index contributed by atoms with van der Waals surface area (Å²) in [6.45, 7) is 3.10. The van der Waals surface area contributed by atoms with Gasteiger partial charge in [-0.1, -0.05) is 23.7 Å². The molecule has 0 atom stereocenters. The number of rotatable bonds is 7. The van der Waals surface area contributed by atoms with Gasteiger partial charge in [0.25, 0.3) is 5.91 Å². The Morgan fingerprint density at radius 1 is 1.03 bits per heavy atom. The molecule has 0 bridgehead atoms. The van der Waals surface area contributed by atoms with Crippen LogP contribution in [0.15, 0.2) is 42.5 Å². The van der Waals surface area contributed by atoms with Gasteiger partial charge in [0.05, 0.1) is 24.0 Å². The number of urea groups is 1. The quantitative estimate of drug-likeness (QED) is 0.594. The summed E-state index contributed by atoms with van der Waals surface area (Å²) >= 11 is 5.92. The Morgan fingerprint density at radius 2 is 1.76 bits per heavy atom. The zero-order chi connectivity index (χ0) is 21.4. The van der Waals surface area contributed by atoms with E-state index in [0.29, 0.717) is 16.5 Å². The van der Waals surface area contributed by atoms with Gasteiger partial charge in [-0.2, -0.15) is 0 Å². The third-order valence-corrected chi connectivity index (χ3v) is 3.82. The standard InChI is InChI=1S/C20H22ClN3O5/c1-12(2)22-20(27)24-15-7-5-4-6-14(15)19(26)29-11-18(25)23-16-10-13(21)8-9-17(16)28-3/h4-10,12H,11H2,1-3H3,(H,23,25)(H2,22,24,27). The molecule has 29 heavy (non-hydrogen) atoms. The Kier molecular flexibility index (Phi) is 7.85. The van der Waals surface area contributed by atoms with Crippen LogP contribution in [-0.2, 0) is 9.53 Å². The molecule has 0 unspecified atom stereocenters. The van der Waals surface area contributed by atoms with Gasteiger partial charge in [-0.05, 0) is 44.2 Å². The summed E-state index contributed by atoms with van der Waals surface area (Å²) in [4.78, 5) is 36.4. The SMILES string of the molecule is COc1ccc(Cl)cc1NC(=O)COC(=O)c1ccccc1NC(=O)NC(C)C. The molecule has 0 radical (unpaired) electrons. The molecule has 0 aliphatic carbocycles. The average Bonchev–Trinajstić information content (AvgIpc) is 2.66. The maximum absolute atomic E-state index is 12.4. The van der Waals surface area contributed by atoms with Crippen LogP contribution in [0.5, 0.6) is 5.75 Å². The van der Waals surface area contributed by atoms with E-state index in [4.69, 9.17) is 21.1 Å². The van der Waals surface area contributed by atoms with E-state index in [9.17, 15) is 14.4 Å². The lowest BCUT2D eigenvalue weighted by Gasteiger charge is -2.13. The predicted molar refractivity (Wildman–Crippen MR) is 111 cm³/mol. The van der Waals surface area contributed by atoms with Crippen LogP contribution < -0.4 is 20.7 Å². The van der Waals surface area contributed by atoms with Gasteiger partial charge in [0.1, 0.15) is 5.75 Å². The third kappa shape index (κ3) is 6.69. The Labute approximate surface area is 173 Å². The van der Waals surface area contributed by atoms with Crippen molar-refractivity contribution in [2.75, 3.05) is 24.4 Å². The van der Waals surface area contributed by atoms with Crippen molar-refractivity contribution in [1.29, 1.82) is 0 Å². The van der Waals surface area contributed by atoms with Crippen LogP contribution in [0.25, 0.3) is 0 Å². The fourth-order valence-corrected chi connectivity index (χ4v) is 2.54. The molecular formula is C20H22ClN3O5. The number of amides is 3. The predicted octanol–water partition coefficient (Wildman–Crippen LogP) is 3.67. The number of esters is 1. The van der Waals surface area contributed by atoms with Crippen molar-refractivity contribution in [3.63, 3.8) is 0 Å². The number of benzene rings is 2. The summed E-state index contributed by atoms with van der Waals surface area (Å²) in [5.74, 6) is -0.902. The molecule has 0 heterocycles. The second kappa shape index (κ2) is 10.3. The summed E-state index contributed by atoms with van der Waals surface area (Å²) in [5.41, 5.74) is 0.751. The Bertz CT molecular complexity index is 901. The van der Waals surface area contributed by atoms with Crippen molar-refractivity contribution in [2.24, 2.45) is 0 Å². The minimum Gasteiger partial charge on any atom is -0.495 e. The molecule has 154 valence electrons. The molecule has 0 aliphatic heterocycles. The molecule has 0 aliphatic rings. The normalized spacial score (nSPS) is 10.2. The molecule has 3 amide bonds. The van der Waals surface area contributed by atoms with Crippen LogP contribution >= 0.6 is 11.6 Å². The Hall–Kier alpha value is -3.26. The number of carbonyl (C=O) groups excluding carboxylic acids is 3. The van der Waals surface area contributed by atoms with Gasteiger partial charge in [-0.25, -0.2) is 9.59 Å². The Balaban J connectivity index is 2.00. The first kappa shape index (κ1) is 22.0. The number of anilines is 2. The van der Waals surface area contributed by atoms with Crippen LogP contribution in [-0.4, -0.2) is 37.7 Å². The highest BCUT2D eigenvalue weighted by molar-refractivity contribution is 6.31. The largest absolute Gasteiger partial charge is 0.495 e. The lowest BCUT2D eigenvalue weighted by atomic mass is 10.2. The molecule has 3 N–H and O–H groups in total. The smallest absolute Gasteiger partial charge is 0.340 e. The van der Waals surface area contributed by atoms with Crippen LogP contribution in [0.3, 0.4) is 0 Å². The minimum absolute atomic E-state index is 0.0682. The second-order valence-corrected chi connectivity index (χ2v) is 6.70. The Morgan fingerprint density at radius 3 is 2.45 bits per heavy atom. The summed E-state index contributed by atoms with van der Waals surface area (Å²) in [6, 6.07) is 10.6. The molecule has 0 spiro atoms. The molecule has 0 saturated heterocycles. The van der Waals surface area contributed by atoms with Crippen molar-refractivity contribution in [2.45, 2.75) is 19.9 Å². The first-order chi connectivity index (χ1) is 13.8. The number of methoxy groups -OCH3 is 1. The van der Waals surface area contributed by atoms with Crippen molar-refractivity contribution in [1.82, 2.24) is 5.32 Å². The molecule has 9 heteroatoms. The summed E-state index contributed by atoms with van der Waals surface area (Å²) in [7, 11) is 1.46. The fourth-order valence-electron chi connectivity index (χ4n) is 2.36. The number of halogens is 1. The van der Waals surface area contributed by atoms with E-state index < -0.39 is 24.5 Å². The minimum atomic E-state index is -0.751. The van der Waals surface area contributed by atoms with Crippen molar-refractivity contribution in [3.05, 3.63) is 53.1 Å². The van der Waals surface area contributed by atoms with E-state index in [0.717, 1.165) is 0 Å². The molecule has 8 nitrogen and oxygen atoms in total. The third-order valence-electron chi connectivity index (χ3n) is 3.58. The fraction of sp³-hybridized carbons (Fsp3) is 0.250. The second-order valence-electron chi connectivity index (χ2n) is 6.27. The average molecular weight is 420 g/mol. The lowest BCUT2D eigenvalue weighted by molar-refractivity contribution is -0.119. The molecular weight excluding hydrogens is 398 g/mol. The molecule has 2 rings (SSSR count). The molecule has 2 aromatic carbocycles. The first-order valence-electron chi connectivity index (χ1n) is 8.77. The molecule has 2 aromatic rings. The van der Waals surface area contributed by atoms with E-state index >= 15 is 0 Å². The lowest BCUT2D eigenvalue weighted by Crippen LogP contribution is -2.34. The van der Waals surface area contributed by atoms with Gasteiger partial charge in [-0.15, -0.1) is 0 Å². The highest BCUT2D eigenvalue weighted by atomic mass is 35.5. The highest BCUT2D eigenvalue weighted by Gasteiger charge is 2.17. The van der Waals surface area contributed by atoms with Gasteiger partial charge in [-0.3, -0.25) is 4.79 Å². The van der Waals surface area contributed by atoms with Gasteiger partial charge in [0.2, 0.25) is 0 Å². The molecule has 0 fully saturated rings.